The van der Waals surface area contributed by atoms with E-state index in [0.717, 1.165) is 9.21 Å². The molecule has 1 unspecified atom stereocenters. The highest BCUT2D eigenvalue weighted by atomic mass is 32.2. The number of carbonyl (C=O) groups excluding carboxylic acids is 4. The van der Waals surface area contributed by atoms with Gasteiger partial charge in [0.1, 0.15) is 6.04 Å². The first-order valence-electron chi connectivity index (χ1n) is 11.1. The van der Waals surface area contributed by atoms with Gasteiger partial charge in [0.2, 0.25) is 21.8 Å². The zero-order valence-electron chi connectivity index (χ0n) is 19.9. The summed E-state index contributed by atoms with van der Waals surface area (Å²) in [6.07, 6.45) is -0.341. The van der Waals surface area contributed by atoms with Crippen molar-refractivity contribution in [2.75, 3.05) is 17.3 Å². The highest BCUT2D eigenvalue weighted by molar-refractivity contribution is 7.89. The van der Waals surface area contributed by atoms with Crippen molar-refractivity contribution in [3.05, 3.63) is 76.5 Å². The Bertz CT molecular complexity index is 1430. The van der Waals surface area contributed by atoms with Crippen LogP contribution >= 0.6 is 11.3 Å². The van der Waals surface area contributed by atoms with E-state index in [1.54, 1.807) is 17.5 Å². The Hall–Kier alpha value is -3.87. The normalized spacial score (nSPS) is 15.8. The third-order valence-electron chi connectivity index (χ3n) is 5.69. The standard InChI is InChI=1S/C25H23N3O7S2/c1-16(29)26-18-7-11-21(12-8-18)37(33,34)27(15-20-4-3-13-36-20)22-14-23(30)28(24(22)31)19-9-5-17(6-10-19)25(32)35-2/h3-13,22H,14-15H2,1-2H3,(H,26,29). The van der Waals surface area contributed by atoms with Gasteiger partial charge in [-0.05, 0) is 60.0 Å². The number of nitrogens with one attached hydrogen (secondary N) is 1. The van der Waals surface area contributed by atoms with Gasteiger partial charge < -0.3 is 10.1 Å². The number of rotatable bonds is 8. The number of carbonyl (C=O) groups is 4. The molecule has 192 valence electrons. The lowest BCUT2D eigenvalue weighted by Gasteiger charge is -2.26. The number of imide groups is 1. The van der Waals surface area contributed by atoms with Gasteiger partial charge in [0.15, 0.2) is 0 Å². The molecule has 0 bridgehead atoms. The number of hydrogen-bond acceptors (Lipinski definition) is 8. The van der Waals surface area contributed by atoms with Crippen molar-refractivity contribution in [2.45, 2.75) is 30.8 Å². The summed E-state index contributed by atoms with van der Waals surface area (Å²) in [5.41, 5.74) is 0.884. The second-order valence-corrected chi connectivity index (χ2v) is 11.1. The van der Waals surface area contributed by atoms with Crippen molar-refractivity contribution < 1.29 is 32.3 Å². The molecule has 2 heterocycles. The molecule has 1 aliphatic rings. The van der Waals surface area contributed by atoms with E-state index in [-0.39, 0.29) is 35.0 Å². The van der Waals surface area contributed by atoms with Crippen LogP contribution in [0.3, 0.4) is 0 Å². The number of nitrogens with zero attached hydrogens (tertiary/aromatic N) is 2. The van der Waals surface area contributed by atoms with E-state index in [4.69, 9.17) is 0 Å². The number of methoxy groups -OCH3 is 1. The van der Waals surface area contributed by atoms with Crippen LogP contribution in [0.2, 0.25) is 0 Å². The first-order chi connectivity index (χ1) is 17.6. The average molecular weight is 542 g/mol. The fourth-order valence-electron chi connectivity index (χ4n) is 3.94. The molecular weight excluding hydrogens is 518 g/mol. The number of amides is 3. The summed E-state index contributed by atoms with van der Waals surface area (Å²) in [6.45, 7) is 1.23. The molecule has 3 aromatic rings. The van der Waals surface area contributed by atoms with Crippen LogP contribution in [0.25, 0.3) is 0 Å². The summed E-state index contributed by atoms with van der Waals surface area (Å²) in [5.74, 6) is -2.12. The summed E-state index contributed by atoms with van der Waals surface area (Å²) >= 11 is 1.33. The Labute approximate surface area is 217 Å². The minimum absolute atomic E-state index is 0.0840. The van der Waals surface area contributed by atoms with E-state index >= 15 is 0 Å². The number of sulfonamides is 1. The molecule has 1 aliphatic heterocycles. The maximum atomic E-state index is 13.7. The molecule has 0 spiro atoms. The number of thiophene rings is 1. The highest BCUT2D eigenvalue weighted by Crippen LogP contribution is 2.32. The van der Waals surface area contributed by atoms with Gasteiger partial charge in [-0.15, -0.1) is 11.3 Å². The Balaban J connectivity index is 1.67. The number of anilines is 2. The molecule has 0 saturated carbocycles. The van der Waals surface area contributed by atoms with Crippen molar-refractivity contribution in [3.63, 3.8) is 0 Å². The summed E-state index contributed by atoms with van der Waals surface area (Å²) in [7, 11) is -2.98. The molecule has 12 heteroatoms. The monoisotopic (exact) mass is 541 g/mol. The van der Waals surface area contributed by atoms with E-state index in [9.17, 15) is 27.6 Å². The highest BCUT2D eigenvalue weighted by Gasteiger charge is 2.47. The number of esters is 1. The molecule has 1 saturated heterocycles. The summed E-state index contributed by atoms with van der Waals surface area (Å²) in [6, 6.07) is 13.5. The summed E-state index contributed by atoms with van der Waals surface area (Å²) in [5, 5.41) is 4.37. The van der Waals surface area contributed by atoms with Gasteiger partial charge in [-0.25, -0.2) is 18.1 Å². The maximum Gasteiger partial charge on any atom is 0.337 e. The van der Waals surface area contributed by atoms with Crippen LogP contribution in [0.1, 0.15) is 28.6 Å². The fourth-order valence-corrected chi connectivity index (χ4v) is 6.29. The van der Waals surface area contributed by atoms with E-state index in [1.807, 2.05) is 0 Å². The molecule has 1 N–H and O–H groups in total. The first kappa shape index (κ1) is 26.2. The Morgan fingerprint density at radius 1 is 1.08 bits per heavy atom. The minimum Gasteiger partial charge on any atom is -0.465 e. The van der Waals surface area contributed by atoms with Crippen LogP contribution in [0, 0.1) is 0 Å². The zero-order valence-corrected chi connectivity index (χ0v) is 21.5. The van der Waals surface area contributed by atoms with Gasteiger partial charge in [-0.2, -0.15) is 4.31 Å². The molecule has 4 rings (SSSR count). The molecule has 2 aromatic carbocycles. The van der Waals surface area contributed by atoms with Gasteiger partial charge in [0, 0.05) is 24.0 Å². The second-order valence-electron chi connectivity index (χ2n) is 8.16. The van der Waals surface area contributed by atoms with Crippen LogP contribution in [-0.4, -0.2) is 49.6 Å². The van der Waals surface area contributed by atoms with Crippen molar-refractivity contribution >= 4 is 56.4 Å². The number of benzene rings is 2. The molecule has 37 heavy (non-hydrogen) atoms. The Morgan fingerprint density at radius 2 is 1.76 bits per heavy atom. The van der Waals surface area contributed by atoms with Crippen LogP contribution in [0.5, 0.6) is 0 Å². The fraction of sp³-hybridized carbons (Fsp3) is 0.200. The molecule has 3 amide bonds. The van der Waals surface area contributed by atoms with Crippen molar-refractivity contribution in [1.82, 2.24) is 4.31 Å². The molecule has 10 nitrogen and oxygen atoms in total. The van der Waals surface area contributed by atoms with Crippen molar-refractivity contribution in [2.24, 2.45) is 0 Å². The quantitative estimate of drug-likeness (QED) is 0.343. The van der Waals surface area contributed by atoms with Gasteiger partial charge in [-0.3, -0.25) is 14.4 Å². The second kappa shape index (κ2) is 10.6. The number of hydrogen-bond donors (Lipinski definition) is 1. The summed E-state index contributed by atoms with van der Waals surface area (Å²) < 4.78 is 33.2. The third kappa shape index (κ3) is 5.45. The summed E-state index contributed by atoms with van der Waals surface area (Å²) in [4.78, 5) is 51.0. The predicted octanol–water partition coefficient (Wildman–Crippen LogP) is 3.02. The predicted molar refractivity (Wildman–Crippen MR) is 136 cm³/mol. The van der Waals surface area contributed by atoms with E-state index < -0.39 is 33.8 Å². The van der Waals surface area contributed by atoms with Crippen LogP contribution in [0.15, 0.2) is 70.9 Å². The Morgan fingerprint density at radius 3 is 2.32 bits per heavy atom. The number of ether oxygens (including phenoxy) is 1. The molecule has 0 radical (unpaired) electrons. The molecular formula is C25H23N3O7S2. The van der Waals surface area contributed by atoms with E-state index in [0.29, 0.717) is 10.6 Å². The first-order valence-corrected chi connectivity index (χ1v) is 13.4. The molecule has 1 atom stereocenters. The van der Waals surface area contributed by atoms with Gasteiger partial charge in [-0.1, -0.05) is 6.07 Å². The van der Waals surface area contributed by atoms with E-state index in [1.165, 1.54) is 73.9 Å². The third-order valence-corrected chi connectivity index (χ3v) is 8.42. The van der Waals surface area contributed by atoms with Crippen LogP contribution < -0.4 is 10.2 Å². The van der Waals surface area contributed by atoms with Crippen LogP contribution in [0.4, 0.5) is 11.4 Å². The zero-order chi connectivity index (χ0) is 26.7. The molecule has 0 aliphatic carbocycles. The lowest BCUT2D eigenvalue weighted by Crippen LogP contribution is -2.44. The van der Waals surface area contributed by atoms with Crippen molar-refractivity contribution in [3.8, 4) is 0 Å². The largest absolute Gasteiger partial charge is 0.465 e. The lowest BCUT2D eigenvalue weighted by atomic mass is 10.2. The van der Waals surface area contributed by atoms with Crippen LogP contribution in [-0.2, 0) is 35.7 Å². The van der Waals surface area contributed by atoms with Gasteiger partial charge >= 0.3 is 5.97 Å². The van der Waals surface area contributed by atoms with Crippen molar-refractivity contribution in [1.29, 1.82) is 0 Å². The Kier molecular flexibility index (Phi) is 7.52. The molecule has 1 fully saturated rings. The average Bonchev–Trinajstić information content (AvgIpc) is 3.49. The lowest BCUT2D eigenvalue weighted by molar-refractivity contribution is -0.122. The van der Waals surface area contributed by atoms with Gasteiger partial charge in [0.05, 0.1) is 29.7 Å². The maximum absolute atomic E-state index is 13.7. The SMILES string of the molecule is COC(=O)c1ccc(N2C(=O)CC(N(Cc3cccs3)S(=O)(=O)c3ccc(NC(C)=O)cc3)C2=O)cc1. The molecule has 1 aromatic heterocycles. The van der Waals surface area contributed by atoms with E-state index in [2.05, 4.69) is 10.1 Å². The smallest absolute Gasteiger partial charge is 0.337 e. The van der Waals surface area contributed by atoms with Gasteiger partial charge in [0.25, 0.3) is 5.91 Å². The minimum atomic E-state index is -4.22. The topological polar surface area (TPSA) is 130 Å².